The third-order valence-electron chi connectivity index (χ3n) is 8.04. The summed E-state index contributed by atoms with van der Waals surface area (Å²) in [4.78, 5) is 58.6. The van der Waals surface area contributed by atoms with Gasteiger partial charge in [-0.2, -0.15) is 10.2 Å². The monoisotopic (exact) mass is 783 g/mol. The molecule has 1 aliphatic carbocycles. The van der Waals surface area contributed by atoms with E-state index in [1.54, 1.807) is 24.6 Å². The topological polar surface area (TPSA) is 264 Å². The van der Waals surface area contributed by atoms with Crippen molar-refractivity contribution < 1.29 is 46.6 Å². The summed E-state index contributed by atoms with van der Waals surface area (Å²) in [7, 11) is -3.34. The molecule has 0 bridgehead atoms. The van der Waals surface area contributed by atoms with Crippen molar-refractivity contribution in [3.63, 3.8) is 0 Å². The second kappa shape index (κ2) is 16.1. The number of fused-ring (bicyclic) bond motifs is 2. The predicted octanol–water partition coefficient (Wildman–Crippen LogP) is 2.38. The Kier molecular flexibility index (Phi) is 11.8. The number of alkyl halides is 1. The van der Waals surface area contributed by atoms with Crippen molar-refractivity contribution >= 4 is 61.0 Å². The number of imidazole rings is 2. The number of hydrogen-bond acceptors (Lipinski definition) is 16. The van der Waals surface area contributed by atoms with Gasteiger partial charge in [0.2, 0.25) is 11.9 Å². The molecule has 2 fully saturated rings. The van der Waals surface area contributed by atoms with Crippen LogP contribution in [0, 0.1) is 17.2 Å². The van der Waals surface area contributed by atoms with E-state index in [0.717, 1.165) is 23.7 Å². The Bertz CT molecular complexity index is 2120. The number of carbonyl (C=O) groups is 1. The van der Waals surface area contributed by atoms with Crippen LogP contribution in [-0.4, -0.2) is 93.1 Å². The zero-order valence-corrected chi connectivity index (χ0v) is 30.3. The molecule has 0 spiro atoms. The summed E-state index contributed by atoms with van der Waals surface area (Å²) in [6.07, 6.45) is -2.16. The third kappa shape index (κ3) is 8.39. The fourth-order valence-corrected chi connectivity index (χ4v) is 7.53. The largest absolute Gasteiger partial charge is 0.695 e. The van der Waals surface area contributed by atoms with E-state index < -0.39 is 63.6 Å². The SMILES string of the molecule is CC(C)C(=O)Nc1nc2c(ncn2[C@@H]2O[C@H](COP(=S)(OCCC#N)OCCn3c(CO)nc4cnc(C5CC5)nc43)[C@@H](F)[C@H]2O[P+](=O)O)c(=O)[nH]1. The Hall–Kier alpha value is -3.74. The fourth-order valence-electron chi connectivity index (χ4n) is 5.30. The fraction of sp³-hybridized carbons (Fsp3) is 0.571. The highest BCUT2D eigenvalue weighted by Gasteiger charge is 2.52. The Morgan fingerprint density at radius 3 is 2.71 bits per heavy atom. The van der Waals surface area contributed by atoms with Crippen LogP contribution in [0.1, 0.15) is 56.9 Å². The highest BCUT2D eigenvalue weighted by Crippen LogP contribution is 2.51. The van der Waals surface area contributed by atoms with E-state index in [-0.39, 0.29) is 55.8 Å². The summed E-state index contributed by atoms with van der Waals surface area (Å²) in [5, 5.41) is 21.5. The Morgan fingerprint density at radius 2 is 2.02 bits per heavy atom. The highest BCUT2D eigenvalue weighted by atomic mass is 32.5. The lowest BCUT2D eigenvalue weighted by Gasteiger charge is -2.24. The third-order valence-corrected chi connectivity index (χ3v) is 10.9. The minimum atomic E-state index is -3.71. The summed E-state index contributed by atoms with van der Waals surface area (Å²) < 4.78 is 58.9. The maximum Gasteiger partial charge on any atom is 0.695 e. The van der Waals surface area contributed by atoms with Crippen LogP contribution in [0.4, 0.5) is 10.3 Å². The van der Waals surface area contributed by atoms with Crippen LogP contribution < -0.4 is 10.9 Å². The van der Waals surface area contributed by atoms with E-state index in [9.17, 15) is 24.2 Å². The molecule has 1 aliphatic heterocycles. The van der Waals surface area contributed by atoms with Crippen LogP contribution in [0.5, 0.6) is 0 Å². The average molecular weight is 784 g/mol. The lowest BCUT2D eigenvalue weighted by atomic mass is 10.1. The van der Waals surface area contributed by atoms with Crippen LogP contribution >= 0.6 is 15.0 Å². The lowest BCUT2D eigenvalue weighted by molar-refractivity contribution is -0.118. The van der Waals surface area contributed by atoms with E-state index >= 15 is 4.39 Å². The molecule has 20 nitrogen and oxygen atoms in total. The molecule has 4 aromatic heterocycles. The van der Waals surface area contributed by atoms with E-state index in [1.165, 1.54) is 0 Å². The molecule has 1 saturated carbocycles. The number of hydrogen-bond donors (Lipinski definition) is 4. The molecule has 5 heterocycles. The zero-order chi connectivity index (χ0) is 37.2. The molecule has 1 amide bonds. The van der Waals surface area contributed by atoms with Gasteiger partial charge in [-0.05, 0) is 24.6 Å². The first-order valence-corrected chi connectivity index (χ1v) is 19.7. The number of H-pyrrole nitrogens is 1. The van der Waals surface area contributed by atoms with E-state index in [4.69, 9.17) is 39.9 Å². The number of rotatable bonds is 17. The van der Waals surface area contributed by atoms with Crippen molar-refractivity contribution in [2.75, 3.05) is 25.1 Å². The van der Waals surface area contributed by atoms with Gasteiger partial charge in [0, 0.05) is 22.9 Å². The first-order valence-electron chi connectivity index (χ1n) is 16.0. The Morgan fingerprint density at radius 1 is 1.25 bits per heavy atom. The molecule has 24 heteroatoms. The number of nitrogens with zero attached hydrogens (tertiary/aromatic N) is 8. The average Bonchev–Trinajstić information content (AvgIpc) is 3.68. The molecule has 4 aromatic rings. The summed E-state index contributed by atoms with van der Waals surface area (Å²) in [6.45, 7) is -1.58. The number of aliphatic hydroxyl groups excluding tert-OH is 1. The second-order valence-electron chi connectivity index (χ2n) is 12.1. The van der Waals surface area contributed by atoms with Gasteiger partial charge in [0.05, 0.1) is 44.8 Å². The van der Waals surface area contributed by atoms with Gasteiger partial charge in [0.15, 0.2) is 35.3 Å². The van der Waals surface area contributed by atoms with Crippen molar-refractivity contribution in [1.82, 2.24) is 39.0 Å². The number of nitriles is 1. The van der Waals surface area contributed by atoms with Crippen LogP contribution in [-0.2, 0) is 57.1 Å². The van der Waals surface area contributed by atoms with Gasteiger partial charge in [-0.25, -0.2) is 24.3 Å². The molecule has 52 heavy (non-hydrogen) atoms. The van der Waals surface area contributed by atoms with Crippen LogP contribution in [0.3, 0.4) is 0 Å². The van der Waals surface area contributed by atoms with Gasteiger partial charge in [-0.15, -0.1) is 9.42 Å². The van der Waals surface area contributed by atoms with E-state index in [0.29, 0.717) is 22.8 Å². The molecular formula is C28H34FN10O10P2S+. The number of aromatic nitrogens is 8. The second-order valence-corrected chi connectivity index (χ2v) is 15.8. The summed E-state index contributed by atoms with van der Waals surface area (Å²) >= 11 is 5.60. The number of anilines is 1. The minimum absolute atomic E-state index is 0.0561. The Balaban J connectivity index is 1.20. The molecule has 0 radical (unpaired) electrons. The van der Waals surface area contributed by atoms with Crippen molar-refractivity contribution in [1.29, 1.82) is 5.26 Å². The molecule has 2 aliphatic rings. The maximum absolute atomic E-state index is 16.0. The summed E-state index contributed by atoms with van der Waals surface area (Å²) in [5.74, 6) is 0.176. The molecular weight excluding hydrogens is 749 g/mol. The number of amides is 1. The number of ether oxygens (including phenoxy) is 1. The summed E-state index contributed by atoms with van der Waals surface area (Å²) in [5.41, 5.74) is -0.0595. The molecule has 1 saturated heterocycles. The van der Waals surface area contributed by atoms with Gasteiger partial charge < -0.3 is 28.0 Å². The lowest BCUT2D eigenvalue weighted by Crippen LogP contribution is -2.31. The quantitative estimate of drug-likeness (QED) is 0.0885. The van der Waals surface area contributed by atoms with Crippen molar-refractivity contribution in [2.24, 2.45) is 5.92 Å². The van der Waals surface area contributed by atoms with Gasteiger partial charge in [-0.3, -0.25) is 24.5 Å². The highest BCUT2D eigenvalue weighted by molar-refractivity contribution is 8.07. The molecule has 278 valence electrons. The van der Waals surface area contributed by atoms with Crippen LogP contribution in [0.25, 0.3) is 22.3 Å². The summed E-state index contributed by atoms with van der Waals surface area (Å²) in [6, 6.07) is 1.93. The van der Waals surface area contributed by atoms with E-state index in [1.807, 2.05) is 6.07 Å². The smallest absolute Gasteiger partial charge is 0.388 e. The van der Waals surface area contributed by atoms with E-state index in [2.05, 4.69) is 35.2 Å². The molecule has 0 aromatic carbocycles. The standard InChI is InChI=1S/C28H33FN10O10P2S/c1-14(2)25(41)36-28-35-24-20(26(42)37-28)32-13-39(24)27-21(49-50(43)44)19(29)17(48-27)12-47-51(52,45-8-3-6-30)46-9-7-38-18(11-40)33-16-10-31-22(15-4-5-15)34-23(16)38/h10,13-15,17,19,21,27,40H,3-5,7-9,11-12H2,1-2H3,(H2-,35,36,37,41,42,43,44)/p+1/t17-,19-,21-,27-,51?/m1/s1. The van der Waals surface area contributed by atoms with Crippen molar-refractivity contribution in [3.05, 3.63) is 34.5 Å². The van der Waals surface area contributed by atoms with Gasteiger partial charge in [0.25, 0.3) is 5.56 Å². The first-order chi connectivity index (χ1) is 24.9. The van der Waals surface area contributed by atoms with Crippen molar-refractivity contribution in [2.45, 2.75) is 76.8 Å². The number of nitrogens with one attached hydrogen (secondary N) is 2. The Labute approximate surface area is 299 Å². The zero-order valence-electron chi connectivity index (χ0n) is 27.7. The number of aliphatic hydroxyl groups is 1. The predicted molar refractivity (Wildman–Crippen MR) is 181 cm³/mol. The van der Waals surface area contributed by atoms with Crippen LogP contribution in [0.15, 0.2) is 17.3 Å². The van der Waals surface area contributed by atoms with Gasteiger partial charge in [-0.1, -0.05) is 13.8 Å². The van der Waals surface area contributed by atoms with Gasteiger partial charge in [0.1, 0.15) is 29.9 Å². The van der Waals surface area contributed by atoms with Gasteiger partial charge >= 0.3 is 15.0 Å². The number of aromatic amines is 1. The number of carbonyl (C=O) groups excluding carboxylic acids is 1. The maximum atomic E-state index is 16.0. The molecule has 2 unspecified atom stereocenters. The first kappa shape index (κ1) is 38.0. The normalized spacial score (nSPS) is 21.8. The number of halogens is 1. The molecule has 4 N–H and O–H groups in total. The molecule has 6 rings (SSSR count). The minimum Gasteiger partial charge on any atom is -0.388 e. The van der Waals surface area contributed by atoms with Crippen LogP contribution in [0.2, 0.25) is 0 Å². The van der Waals surface area contributed by atoms with Crippen molar-refractivity contribution in [3.8, 4) is 6.07 Å². The molecule has 6 atom stereocenters.